The molecule has 1 fully saturated rings. The van der Waals surface area contributed by atoms with Crippen LogP contribution >= 0.6 is 12.4 Å². The van der Waals surface area contributed by atoms with Crippen molar-refractivity contribution in [2.75, 3.05) is 13.1 Å². The van der Waals surface area contributed by atoms with E-state index in [1.54, 1.807) is 11.8 Å². The number of piperidine rings is 1. The van der Waals surface area contributed by atoms with Gasteiger partial charge in [0.1, 0.15) is 11.4 Å². The second-order valence-corrected chi connectivity index (χ2v) is 6.78. The highest BCUT2D eigenvalue weighted by atomic mass is 35.5. The first-order valence-corrected chi connectivity index (χ1v) is 7.36. The van der Waals surface area contributed by atoms with Crippen molar-refractivity contribution in [3.63, 3.8) is 0 Å². The van der Waals surface area contributed by atoms with Crippen LogP contribution in [0.4, 0.5) is 0 Å². The van der Waals surface area contributed by atoms with E-state index in [0.717, 1.165) is 12.8 Å². The Kier molecular flexibility index (Phi) is 5.76. The number of halogens is 1. The summed E-state index contributed by atoms with van der Waals surface area (Å²) in [6, 6.07) is -0.0103. The van der Waals surface area contributed by atoms with Gasteiger partial charge in [0, 0.05) is 24.5 Å². The zero-order chi connectivity index (χ0) is 15.8. The summed E-state index contributed by atoms with van der Waals surface area (Å²) < 4.78 is 0. The number of likely N-dealkylation sites (tertiary alicyclic amines) is 1. The molecule has 0 aliphatic carbocycles. The normalized spacial score (nSPS) is 18.8. The maximum absolute atomic E-state index is 12.6. The average Bonchev–Trinajstić information content (AvgIpc) is 2.36. The maximum Gasteiger partial charge on any atom is 0.264 e. The minimum Gasteiger partial charge on any atom is -0.337 e. The van der Waals surface area contributed by atoms with Gasteiger partial charge in [-0.05, 0) is 19.8 Å². The molecule has 124 valence electrons. The van der Waals surface area contributed by atoms with Crippen LogP contribution in [0.15, 0.2) is 4.79 Å². The number of hydrogen-bond acceptors (Lipinski definition) is 4. The van der Waals surface area contributed by atoms with Crippen molar-refractivity contribution in [2.45, 2.75) is 52.0 Å². The molecule has 1 aliphatic rings. The van der Waals surface area contributed by atoms with Gasteiger partial charge in [-0.25, -0.2) is 4.98 Å². The molecule has 0 aromatic carbocycles. The standard InChI is InChI=1S/C15H24N4O2.ClH/c1-9-11(12(20)18-14(17-9)15(2,3)4)13(21)19-7-5-6-10(16)8-19;/h10H,5-8,16H2,1-4H3,(H,17,18,20);1H. The molecule has 0 bridgehead atoms. The van der Waals surface area contributed by atoms with Crippen molar-refractivity contribution in [3.8, 4) is 0 Å². The minimum atomic E-state index is -0.364. The highest BCUT2D eigenvalue weighted by molar-refractivity contribution is 5.95. The summed E-state index contributed by atoms with van der Waals surface area (Å²) in [6.45, 7) is 8.76. The van der Waals surface area contributed by atoms with Gasteiger partial charge in [-0.1, -0.05) is 20.8 Å². The van der Waals surface area contributed by atoms with Crippen molar-refractivity contribution in [3.05, 3.63) is 27.4 Å². The number of carbonyl (C=O) groups is 1. The Morgan fingerprint density at radius 1 is 1.41 bits per heavy atom. The Morgan fingerprint density at radius 2 is 2.05 bits per heavy atom. The maximum atomic E-state index is 12.6. The molecule has 6 nitrogen and oxygen atoms in total. The molecule has 1 atom stereocenters. The summed E-state index contributed by atoms with van der Waals surface area (Å²) in [5.41, 5.74) is 5.89. The lowest BCUT2D eigenvalue weighted by molar-refractivity contribution is 0.0705. The largest absolute Gasteiger partial charge is 0.337 e. The number of aromatic nitrogens is 2. The van der Waals surface area contributed by atoms with E-state index in [4.69, 9.17) is 5.73 Å². The van der Waals surface area contributed by atoms with Crippen molar-refractivity contribution in [1.82, 2.24) is 14.9 Å². The first-order valence-electron chi connectivity index (χ1n) is 7.36. The number of rotatable bonds is 1. The molecule has 1 aromatic heterocycles. The molecule has 1 saturated heterocycles. The van der Waals surface area contributed by atoms with Gasteiger partial charge in [0.05, 0.1) is 5.69 Å². The number of aryl methyl sites for hydroxylation is 1. The van der Waals surface area contributed by atoms with E-state index in [1.807, 2.05) is 20.8 Å². The van der Waals surface area contributed by atoms with Gasteiger partial charge < -0.3 is 15.6 Å². The quantitative estimate of drug-likeness (QED) is 0.814. The first-order chi connectivity index (χ1) is 9.70. The van der Waals surface area contributed by atoms with Gasteiger partial charge in [0.25, 0.3) is 11.5 Å². The fraction of sp³-hybridized carbons (Fsp3) is 0.667. The van der Waals surface area contributed by atoms with E-state index in [9.17, 15) is 9.59 Å². The summed E-state index contributed by atoms with van der Waals surface area (Å²) in [6.07, 6.45) is 1.79. The van der Waals surface area contributed by atoms with Gasteiger partial charge in [0.2, 0.25) is 0 Å². The number of nitrogens with one attached hydrogen (secondary N) is 1. The van der Waals surface area contributed by atoms with Crippen LogP contribution in [0.25, 0.3) is 0 Å². The van der Waals surface area contributed by atoms with Crippen molar-refractivity contribution >= 4 is 18.3 Å². The molecule has 0 saturated carbocycles. The Morgan fingerprint density at radius 3 is 2.55 bits per heavy atom. The van der Waals surface area contributed by atoms with Crippen LogP contribution in [0, 0.1) is 6.92 Å². The Labute approximate surface area is 136 Å². The second kappa shape index (κ2) is 6.79. The summed E-state index contributed by atoms with van der Waals surface area (Å²) in [5, 5.41) is 0. The molecule has 2 heterocycles. The zero-order valence-electron chi connectivity index (χ0n) is 13.6. The third-order valence-corrected chi connectivity index (χ3v) is 3.77. The van der Waals surface area contributed by atoms with E-state index < -0.39 is 0 Å². The van der Waals surface area contributed by atoms with Gasteiger partial charge in [0.15, 0.2) is 0 Å². The van der Waals surface area contributed by atoms with Crippen LogP contribution in [0.5, 0.6) is 0 Å². The van der Waals surface area contributed by atoms with Crippen LogP contribution in [-0.2, 0) is 5.41 Å². The number of carbonyl (C=O) groups excluding carboxylic acids is 1. The Balaban J connectivity index is 0.00000242. The van der Waals surface area contributed by atoms with Gasteiger partial charge in [-0.15, -0.1) is 12.4 Å². The van der Waals surface area contributed by atoms with E-state index in [1.165, 1.54) is 0 Å². The third-order valence-electron chi connectivity index (χ3n) is 3.77. The Bertz CT molecular complexity index is 607. The average molecular weight is 329 g/mol. The van der Waals surface area contributed by atoms with Gasteiger partial charge in [-0.2, -0.15) is 0 Å². The molecule has 1 aliphatic heterocycles. The summed E-state index contributed by atoms with van der Waals surface area (Å²) >= 11 is 0. The highest BCUT2D eigenvalue weighted by Crippen LogP contribution is 2.18. The second-order valence-electron chi connectivity index (χ2n) is 6.78. The molecular formula is C15H25ClN4O2. The molecule has 0 spiro atoms. The van der Waals surface area contributed by atoms with E-state index in [0.29, 0.717) is 24.6 Å². The molecular weight excluding hydrogens is 304 g/mol. The monoisotopic (exact) mass is 328 g/mol. The molecule has 2 rings (SSSR count). The fourth-order valence-electron chi connectivity index (χ4n) is 2.55. The molecule has 7 heteroatoms. The van der Waals surface area contributed by atoms with Gasteiger partial charge in [-0.3, -0.25) is 9.59 Å². The number of hydrogen-bond donors (Lipinski definition) is 2. The van der Waals surface area contributed by atoms with E-state index >= 15 is 0 Å². The molecule has 0 radical (unpaired) electrons. The van der Waals surface area contributed by atoms with Crippen molar-refractivity contribution in [2.24, 2.45) is 5.73 Å². The van der Waals surface area contributed by atoms with Crippen LogP contribution in [0.3, 0.4) is 0 Å². The number of H-pyrrole nitrogens is 1. The predicted octanol–water partition coefficient (Wildman–Crippen LogP) is 1.36. The summed E-state index contributed by atoms with van der Waals surface area (Å²) in [7, 11) is 0. The van der Waals surface area contributed by atoms with Crippen LogP contribution in [0.1, 0.15) is 55.5 Å². The van der Waals surface area contributed by atoms with E-state index in [2.05, 4.69) is 9.97 Å². The number of nitrogens with two attached hydrogens (primary N) is 1. The number of aromatic amines is 1. The lowest BCUT2D eigenvalue weighted by Crippen LogP contribution is -2.47. The summed E-state index contributed by atoms with van der Waals surface area (Å²) in [5.74, 6) is 0.328. The van der Waals surface area contributed by atoms with E-state index in [-0.39, 0.29) is 40.9 Å². The predicted molar refractivity (Wildman–Crippen MR) is 88.7 cm³/mol. The van der Waals surface area contributed by atoms with Crippen LogP contribution in [-0.4, -0.2) is 39.9 Å². The lowest BCUT2D eigenvalue weighted by Gasteiger charge is -2.31. The third kappa shape index (κ3) is 3.87. The van der Waals surface area contributed by atoms with Crippen molar-refractivity contribution < 1.29 is 4.79 Å². The fourth-order valence-corrected chi connectivity index (χ4v) is 2.55. The smallest absolute Gasteiger partial charge is 0.264 e. The lowest BCUT2D eigenvalue weighted by atomic mass is 9.95. The van der Waals surface area contributed by atoms with Crippen LogP contribution < -0.4 is 11.3 Å². The number of amides is 1. The molecule has 1 unspecified atom stereocenters. The first kappa shape index (κ1) is 18.6. The van der Waals surface area contributed by atoms with Gasteiger partial charge >= 0.3 is 0 Å². The molecule has 3 N–H and O–H groups in total. The SMILES string of the molecule is Cc1nc(C(C)(C)C)[nH]c(=O)c1C(=O)N1CCCC(N)C1.Cl. The topological polar surface area (TPSA) is 92.1 Å². The number of nitrogens with zero attached hydrogens (tertiary/aromatic N) is 2. The summed E-state index contributed by atoms with van der Waals surface area (Å²) in [4.78, 5) is 33.7. The molecule has 1 amide bonds. The van der Waals surface area contributed by atoms with Crippen molar-refractivity contribution in [1.29, 1.82) is 0 Å². The zero-order valence-corrected chi connectivity index (χ0v) is 14.4. The Hall–Kier alpha value is -1.40. The van der Waals surface area contributed by atoms with Crippen LogP contribution in [0.2, 0.25) is 0 Å². The molecule has 1 aromatic rings. The minimum absolute atomic E-state index is 0. The highest BCUT2D eigenvalue weighted by Gasteiger charge is 2.27. The molecule has 22 heavy (non-hydrogen) atoms.